The smallest absolute Gasteiger partial charge is 0.251 e. The molecular formula is C27H31Cl2FN4O5S. The summed E-state index contributed by atoms with van der Waals surface area (Å²) >= 11 is 12.0. The molecule has 40 heavy (non-hydrogen) atoms. The highest BCUT2D eigenvalue weighted by Crippen LogP contribution is 2.40. The maximum Gasteiger partial charge on any atom is 0.251 e. The third-order valence-electron chi connectivity index (χ3n) is 7.14. The Kier molecular flexibility index (Phi) is 9.71. The molecule has 3 atom stereocenters. The average Bonchev–Trinajstić information content (AvgIpc) is 3.67. The van der Waals surface area contributed by atoms with E-state index in [0.717, 1.165) is 18.2 Å². The highest BCUT2D eigenvalue weighted by Gasteiger charge is 2.39. The number of carbonyl (C=O) groups is 3. The van der Waals surface area contributed by atoms with Crippen molar-refractivity contribution in [2.75, 3.05) is 32.4 Å². The van der Waals surface area contributed by atoms with Gasteiger partial charge in [0.15, 0.2) is 0 Å². The fraction of sp³-hybridized carbons (Fsp3) is 0.444. The van der Waals surface area contributed by atoms with Gasteiger partial charge in [-0.05, 0) is 55.2 Å². The fourth-order valence-electron chi connectivity index (χ4n) is 4.78. The molecule has 0 unspecified atom stereocenters. The first-order chi connectivity index (χ1) is 18.9. The molecule has 3 amide bonds. The molecule has 1 aliphatic heterocycles. The van der Waals surface area contributed by atoms with E-state index in [1.165, 1.54) is 39.5 Å². The van der Waals surface area contributed by atoms with Crippen molar-refractivity contribution in [1.29, 1.82) is 0 Å². The summed E-state index contributed by atoms with van der Waals surface area (Å²) in [6, 6.07) is 9.69. The van der Waals surface area contributed by atoms with Gasteiger partial charge in [-0.25, -0.2) is 12.8 Å². The SMILES string of the molecule is CS(=O)(=O)N1CCN(C(=O)[C@H](CCCC(=O)N[C@@H]2C[C@H]2c2ccc(F)cc2)NC(=O)c2ccc(Cl)c(Cl)c2)CC1. The number of halogens is 3. The van der Waals surface area contributed by atoms with Crippen molar-refractivity contribution >= 4 is 50.9 Å². The molecule has 216 valence electrons. The number of nitrogens with one attached hydrogen (secondary N) is 2. The van der Waals surface area contributed by atoms with E-state index in [1.807, 2.05) is 0 Å². The second-order valence-corrected chi connectivity index (χ2v) is 12.9. The molecule has 2 N–H and O–H groups in total. The number of benzene rings is 2. The van der Waals surface area contributed by atoms with Gasteiger partial charge in [0.2, 0.25) is 21.8 Å². The van der Waals surface area contributed by atoms with Crippen molar-refractivity contribution in [3.63, 3.8) is 0 Å². The first-order valence-electron chi connectivity index (χ1n) is 13.0. The van der Waals surface area contributed by atoms with Crippen molar-refractivity contribution in [2.45, 2.75) is 43.7 Å². The maximum atomic E-state index is 13.4. The van der Waals surface area contributed by atoms with E-state index >= 15 is 0 Å². The molecule has 13 heteroatoms. The monoisotopic (exact) mass is 612 g/mol. The molecule has 1 saturated heterocycles. The van der Waals surface area contributed by atoms with Gasteiger partial charge in [-0.3, -0.25) is 14.4 Å². The Morgan fingerprint density at radius 3 is 2.33 bits per heavy atom. The van der Waals surface area contributed by atoms with Gasteiger partial charge in [-0.15, -0.1) is 0 Å². The summed E-state index contributed by atoms with van der Waals surface area (Å²) in [7, 11) is -3.37. The first kappa shape index (κ1) is 30.2. The quantitative estimate of drug-likeness (QED) is 0.427. The van der Waals surface area contributed by atoms with Gasteiger partial charge in [0, 0.05) is 50.1 Å². The molecule has 0 radical (unpaired) electrons. The lowest BCUT2D eigenvalue weighted by atomic mass is 10.1. The predicted molar refractivity (Wildman–Crippen MR) is 150 cm³/mol. The normalized spacial score (nSPS) is 20.1. The molecule has 2 fully saturated rings. The minimum atomic E-state index is -3.37. The number of carbonyl (C=O) groups excluding carboxylic acids is 3. The van der Waals surface area contributed by atoms with Crippen LogP contribution in [0.2, 0.25) is 10.0 Å². The number of sulfonamides is 1. The summed E-state index contributed by atoms with van der Waals surface area (Å²) in [6.07, 6.45) is 2.59. The van der Waals surface area contributed by atoms with Crippen molar-refractivity contribution in [1.82, 2.24) is 19.8 Å². The number of rotatable bonds is 10. The summed E-state index contributed by atoms with van der Waals surface area (Å²) < 4.78 is 38.2. The topological polar surface area (TPSA) is 116 Å². The molecule has 4 rings (SSSR count). The third-order valence-corrected chi connectivity index (χ3v) is 9.18. The Bertz CT molecular complexity index is 1370. The van der Waals surface area contributed by atoms with Gasteiger partial charge < -0.3 is 15.5 Å². The van der Waals surface area contributed by atoms with Crippen molar-refractivity contribution in [3.05, 3.63) is 69.5 Å². The molecule has 9 nitrogen and oxygen atoms in total. The second-order valence-electron chi connectivity index (χ2n) is 10.1. The molecule has 0 aromatic heterocycles. The zero-order chi connectivity index (χ0) is 29.0. The molecular weight excluding hydrogens is 582 g/mol. The van der Waals surface area contributed by atoms with E-state index in [4.69, 9.17) is 23.2 Å². The van der Waals surface area contributed by atoms with Crippen LogP contribution in [-0.2, 0) is 19.6 Å². The van der Waals surface area contributed by atoms with Gasteiger partial charge in [0.1, 0.15) is 11.9 Å². The Morgan fingerprint density at radius 1 is 1.02 bits per heavy atom. The zero-order valence-electron chi connectivity index (χ0n) is 21.9. The fourth-order valence-corrected chi connectivity index (χ4v) is 5.90. The van der Waals surface area contributed by atoms with Crippen LogP contribution in [0.3, 0.4) is 0 Å². The Hall–Kier alpha value is -2.73. The predicted octanol–water partition coefficient (Wildman–Crippen LogP) is 3.18. The lowest BCUT2D eigenvalue weighted by Crippen LogP contribution is -2.55. The van der Waals surface area contributed by atoms with Crippen LogP contribution in [-0.4, -0.2) is 79.9 Å². The van der Waals surface area contributed by atoms with Gasteiger partial charge in [-0.1, -0.05) is 35.3 Å². The Morgan fingerprint density at radius 2 is 1.70 bits per heavy atom. The largest absolute Gasteiger partial charge is 0.353 e. The summed E-state index contributed by atoms with van der Waals surface area (Å²) in [5.41, 5.74) is 1.20. The molecule has 0 spiro atoms. The second kappa shape index (κ2) is 12.8. The molecule has 2 aromatic rings. The number of amides is 3. The van der Waals surface area contributed by atoms with Crippen LogP contribution >= 0.6 is 23.2 Å². The summed E-state index contributed by atoms with van der Waals surface area (Å²) in [5.74, 6) is -1.19. The number of hydrogen-bond acceptors (Lipinski definition) is 5. The summed E-state index contributed by atoms with van der Waals surface area (Å²) in [5, 5.41) is 6.22. The molecule has 0 bridgehead atoms. The van der Waals surface area contributed by atoms with Crippen LogP contribution < -0.4 is 10.6 Å². The van der Waals surface area contributed by atoms with E-state index in [1.54, 1.807) is 12.1 Å². The number of nitrogens with zero attached hydrogens (tertiary/aromatic N) is 2. The van der Waals surface area contributed by atoms with Crippen LogP contribution in [0.4, 0.5) is 4.39 Å². The summed E-state index contributed by atoms with van der Waals surface area (Å²) in [6.45, 7) is 0.712. The van der Waals surface area contributed by atoms with Gasteiger partial charge in [0.25, 0.3) is 5.91 Å². The lowest BCUT2D eigenvalue weighted by molar-refractivity contribution is -0.134. The van der Waals surface area contributed by atoms with Crippen LogP contribution in [0.5, 0.6) is 0 Å². The van der Waals surface area contributed by atoms with Crippen molar-refractivity contribution < 1.29 is 27.2 Å². The minimum absolute atomic E-state index is 0.0177. The van der Waals surface area contributed by atoms with E-state index in [-0.39, 0.29) is 84.2 Å². The molecule has 1 saturated carbocycles. The van der Waals surface area contributed by atoms with E-state index < -0.39 is 22.0 Å². The number of piperazine rings is 1. The van der Waals surface area contributed by atoms with Crippen LogP contribution in [0, 0.1) is 5.82 Å². The van der Waals surface area contributed by atoms with Gasteiger partial charge in [-0.2, -0.15) is 4.31 Å². The van der Waals surface area contributed by atoms with Crippen LogP contribution in [0.25, 0.3) is 0 Å². The average molecular weight is 614 g/mol. The lowest BCUT2D eigenvalue weighted by Gasteiger charge is -2.35. The van der Waals surface area contributed by atoms with Crippen molar-refractivity contribution in [2.24, 2.45) is 0 Å². The van der Waals surface area contributed by atoms with E-state index in [2.05, 4.69) is 10.6 Å². The molecule has 1 heterocycles. The number of hydrogen-bond donors (Lipinski definition) is 2. The molecule has 2 aliphatic rings. The first-order valence-corrected chi connectivity index (χ1v) is 15.6. The van der Waals surface area contributed by atoms with Gasteiger partial charge >= 0.3 is 0 Å². The summed E-state index contributed by atoms with van der Waals surface area (Å²) in [4.78, 5) is 40.5. The highest BCUT2D eigenvalue weighted by molar-refractivity contribution is 7.88. The van der Waals surface area contributed by atoms with Crippen LogP contribution in [0.1, 0.15) is 47.5 Å². The van der Waals surface area contributed by atoms with Crippen LogP contribution in [0.15, 0.2) is 42.5 Å². The highest BCUT2D eigenvalue weighted by atomic mass is 35.5. The zero-order valence-corrected chi connectivity index (χ0v) is 24.2. The van der Waals surface area contributed by atoms with E-state index in [0.29, 0.717) is 6.42 Å². The minimum Gasteiger partial charge on any atom is -0.353 e. The Labute approximate surface area is 243 Å². The molecule has 2 aromatic carbocycles. The molecule has 1 aliphatic carbocycles. The van der Waals surface area contributed by atoms with E-state index in [9.17, 15) is 27.2 Å². The maximum absolute atomic E-state index is 13.4. The third kappa shape index (κ3) is 7.93. The van der Waals surface area contributed by atoms with Crippen molar-refractivity contribution in [3.8, 4) is 0 Å². The Balaban J connectivity index is 1.34. The standard InChI is InChI=1S/C27H31Cl2FN4O5S/c1-40(38,39)34-13-11-33(12-14-34)27(37)23(32-26(36)18-7-10-21(28)22(29)15-18)3-2-4-25(35)31-24-16-20(24)17-5-8-19(30)9-6-17/h5-10,15,20,23-24H,2-4,11-14,16H2,1H3,(H,31,35)(H,32,36)/t20-,23-,24+/m0/s1. The van der Waals surface area contributed by atoms with Gasteiger partial charge in [0.05, 0.1) is 16.3 Å².